The molecule has 1 fully saturated rings. The Labute approximate surface area is 112 Å². The summed E-state index contributed by atoms with van der Waals surface area (Å²) < 4.78 is 1.44. The molecule has 0 saturated carbocycles. The molecule has 0 atom stereocenters. The number of aromatic nitrogens is 5. The molecule has 0 amide bonds. The van der Waals surface area contributed by atoms with Gasteiger partial charge in [0.2, 0.25) is 0 Å². The maximum absolute atomic E-state index is 4.28. The number of fused-ring (bicyclic) bond motifs is 1. The molecule has 0 aliphatic carbocycles. The molecule has 2 aromatic rings. The van der Waals surface area contributed by atoms with E-state index in [2.05, 4.69) is 37.8 Å². The van der Waals surface area contributed by atoms with Crippen LogP contribution in [0.15, 0.2) is 12.1 Å². The van der Waals surface area contributed by atoms with Gasteiger partial charge >= 0.3 is 0 Å². The summed E-state index contributed by atoms with van der Waals surface area (Å²) in [5.74, 6) is 1.69. The average molecular weight is 261 g/mol. The Kier molecular flexibility index (Phi) is 3.54. The summed E-state index contributed by atoms with van der Waals surface area (Å²) in [5.41, 5.74) is 0.663. The first kappa shape index (κ1) is 12.3. The van der Waals surface area contributed by atoms with Crippen molar-refractivity contribution in [1.29, 1.82) is 0 Å². The monoisotopic (exact) mass is 261 g/mol. The van der Waals surface area contributed by atoms with Crippen LogP contribution in [0.25, 0.3) is 5.65 Å². The molecule has 19 heavy (non-hydrogen) atoms. The Balaban J connectivity index is 1.49. The van der Waals surface area contributed by atoms with Crippen LogP contribution in [0.2, 0.25) is 0 Å². The van der Waals surface area contributed by atoms with Crippen LogP contribution < -0.4 is 5.32 Å². The van der Waals surface area contributed by atoms with E-state index >= 15 is 0 Å². The second-order valence-corrected chi connectivity index (χ2v) is 5.20. The van der Waals surface area contributed by atoms with Crippen LogP contribution in [0.4, 0.5) is 5.82 Å². The molecule has 3 heterocycles. The predicted octanol–water partition coefficient (Wildman–Crippen LogP) is 0.663. The van der Waals surface area contributed by atoms with Crippen molar-refractivity contribution in [2.45, 2.75) is 19.8 Å². The molecule has 0 unspecified atom stereocenters. The van der Waals surface area contributed by atoms with Crippen molar-refractivity contribution in [3.63, 3.8) is 0 Å². The molecule has 0 bridgehead atoms. The Morgan fingerprint density at radius 3 is 3.00 bits per heavy atom. The largest absolute Gasteiger partial charge is 0.367 e. The summed E-state index contributed by atoms with van der Waals surface area (Å²) in [7, 11) is 0. The van der Waals surface area contributed by atoms with E-state index in [4.69, 9.17) is 0 Å². The fraction of sp³-hybridized carbons (Fsp3) is 0.667. The van der Waals surface area contributed by atoms with Gasteiger partial charge in [0, 0.05) is 13.1 Å². The van der Waals surface area contributed by atoms with Gasteiger partial charge in [-0.05, 0) is 54.4 Å². The van der Waals surface area contributed by atoms with Gasteiger partial charge in [-0.15, -0.1) is 14.8 Å². The van der Waals surface area contributed by atoms with E-state index in [9.17, 15) is 0 Å². The van der Waals surface area contributed by atoms with Gasteiger partial charge in [-0.25, -0.2) is 0 Å². The van der Waals surface area contributed by atoms with E-state index in [0.29, 0.717) is 5.65 Å². The van der Waals surface area contributed by atoms with Crippen LogP contribution in [0.1, 0.15) is 19.8 Å². The Morgan fingerprint density at radius 2 is 2.16 bits per heavy atom. The summed E-state index contributed by atoms with van der Waals surface area (Å²) in [5, 5.41) is 18.8. The lowest BCUT2D eigenvalue weighted by Crippen LogP contribution is -2.36. The number of piperidine rings is 1. The van der Waals surface area contributed by atoms with Crippen molar-refractivity contribution in [2.24, 2.45) is 5.92 Å². The summed E-state index contributed by atoms with van der Waals surface area (Å²) in [6, 6.07) is 3.77. The minimum absolute atomic E-state index is 0.663. The van der Waals surface area contributed by atoms with Crippen molar-refractivity contribution in [2.75, 3.05) is 31.5 Å². The number of tetrazole rings is 1. The first-order chi connectivity index (χ1) is 9.31. The van der Waals surface area contributed by atoms with Crippen LogP contribution >= 0.6 is 0 Å². The normalized spacial score (nSPS) is 17.9. The average Bonchev–Trinajstić information content (AvgIpc) is 2.88. The second-order valence-electron chi connectivity index (χ2n) is 5.20. The highest BCUT2D eigenvalue weighted by Gasteiger charge is 2.14. The van der Waals surface area contributed by atoms with E-state index in [0.717, 1.165) is 24.8 Å². The molecule has 1 aliphatic rings. The highest BCUT2D eigenvalue weighted by molar-refractivity contribution is 5.41. The first-order valence-electron chi connectivity index (χ1n) is 6.83. The smallest absolute Gasteiger partial charge is 0.200 e. The molecule has 0 radical (unpaired) electrons. The number of rotatable bonds is 4. The molecule has 3 rings (SSSR count). The molecular formula is C12H19N7. The van der Waals surface area contributed by atoms with Crippen molar-refractivity contribution in [3.05, 3.63) is 12.1 Å². The van der Waals surface area contributed by atoms with Crippen molar-refractivity contribution >= 4 is 11.5 Å². The van der Waals surface area contributed by atoms with Crippen molar-refractivity contribution < 1.29 is 0 Å². The zero-order chi connectivity index (χ0) is 13.1. The number of hydrogen-bond donors (Lipinski definition) is 1. The molecule has 7 heteroatoms. The van der Waals surface area contributed by atoms with Crippen LogP contribution in [0.3, 0.4) is 0 Å². The molecular weight excluding hydrogens is 242 g/mol. The number of nitrogens with one attached hydrogen (secondary N) is 1. The van der Waals surface area contributed by atoms with Crippen LogP contribution in [0.5, 0.6) is 0 Å². The zero-order valence-electron chi connectivity index (χ0n) is 11.2. The van der Waals surface area contributed by atoms with Gasteiger partial charge in [0.05, 0.1) is 0 Å². The molecule has 1 N–H and O–H groups in total. The van der Waals surface area contributed by atoms with Crippen molar-refractivity contribution in [1.82, 2.24) is 30.2 Å². The van der Waals surface area contributed by atoms with Gasteiger partial charge in [-0.2, -0.15) is 0 Å². The van der Waals surface area contributed by atoms with Crippen LogP contribution in [-0.4, -0.2) is 56.3 Å². The van der Waals surface area contributed by atoms with Gasteiger partial charge in [0.25, 0.3) is 0 Å². The number of hydrogen-bond acceptors (Lipinski definition) is 6. The molecule has 7 nitrogen and oxygen atoms in total. The number of nitrogens with zero attached hydrogens (tertiary/aromatic N) is 6. The fourth-order valence-corrected chi connectivity index (χ4v) is 2.37. The van der Waals surface area contributed by atoms with E-state index in [1.54, 1.807) is 0 Å². The number of likely N-dealkylation sites (tertiary alicyclic amines) is 1. The molecule has 2 aromatic heterocycles. The van der Waals surface area contributed by atoms with E-state index in [-0.39, 0.29) is 0 Å². The predicted molar refractivity (Wildman–Crippen MR) is 71.9 cm³/mol. The van der Waals surface area contributed by atoms with Gasteiger partial charge in [0.15, 0.2) is 5.65 Å². The molecule has 0 aromatic carbocycles. The lowest BCUT2D eigenvalue weighted by Gasteiger charge is -2.30. The minimum atomic E-state index is 0.663. The maximum Gasteiger partial charge on any atom is 0.200 e. The Bertz CT molecular complexity index is 530. The summed E-state index contributed by atoms with van der Waals surface area (Å²) in [6.45, 7) is 6.71. The third kappa shape index (κ3) is 2.98. The van der Waals surface area contributed by atoms with Crippen molar-refractivity contribution in [3.8, 4) is 0 Å². The fourth-order valence-electron chi connectivity index (χ4n) is 2.37. The molecule has 102 valence electrons. The van der Waals surface area contributed by atoms with E-state index in [1.165, 1.54) is 30.6 Å². The number of anilines is 1. The zero-order valence-corrected chi connectivity index (χ0v) is 11.2. The van der Waals surface area contributed by atoms with Gasteiger partial charge in [-0.1, -0.05) is 6.92 Å². The summed E-state index contributed by atoms with van der Waals surface area (Å²) >= 11 is 0. The molecule has 1 aliphatic heterocycles. The lowest BCUT2D eigenvalue weighted by atomic mass is 9.99. The molecule has 0 spiro atoms. The highest BCUT2D eigenvalue weighted by Crippen LogP contribution is 2.15. The highest BCUT2D eigenvalue weighted by atomic mass is 15.6. The lowest BCUT2D eigenvalue weighted by molar-refractivity contribution is 0.199. The molecule has 1 saturated heterocycles. The Morgan fingerprint density at radius 1 is 1.32 bits per heavy atom. The third-order valence-corrected chi connectivity index (χ3v) is 3.68. The second kappa shape index (κ2) is 5.48. The van der Waals surface area contributed by atoms with Gasteiger partial charge in [-0.3, -0.25) is 0 Å². The van der Waals surface area contributed by atoms with E-state index < -0.39 is 0 Å². The SMILES string of the molecule is CC1CCN(CCNc2ccc3nnnn3n2)CC1. The standard InChI is InChI=1S/C12H19N7/c1-10-4-7-18(8-5-10)9-6-13-11-2-3-12-14-16-17-19(12)15-11/h2-3,10H,4-9H2,1H3,(H,13,15). The first-order valence-corrected chi connectivity index (χ1v) is 6.83. The minimum Gasteiger partial charge on any atom is -0.367 e. The summed E-state index contributed by atoms with van der Waals surface area (Å²) in [4.78, 5) is 2.50. The van der Waals surface area contributed by atoms with Gasteiger partial charge < -0.3 is 10.2 Å². The summed E-state index contributed by atoms with van der Waals surface area (Å²) in [6.07, 6.45) is 2.63. The van der Waals surface area contributed by atoms with E-state index in [1.807, 2.05) is 12.1 Å². The topological polar surface area (TPSA) is 71.2 Å². The van der Waals surface area contributed by atoms with Gasteiger partial charge in [0.1, 0.15) is 5.82 Å². The maximum atomic E-state index is 4.28. The third-order valence-electron chi connectivity index (χ3n) is 3.68. The van der Waals surface area contributed by atoms with Crippen LogP contribution in [-0.2, 0) is 0 Å². The quantitative estimate of drug-likeness (QED) is 0.872. The van der Waals surface area contributed by atoms with Crippen LogP contribution in [0, 0.1) is 5.92 Å². The Hall–Kier alpha value is -1.76.